The number of fused-ring (bicyclic) bond motifs is 4. The predicted molar refractivity (Wildman–Crippen MR) is 246 cm³/mol. The molecule has 1 unspecified atom stereocenters. The molecule has 3 fully saturated rings. The van der Waals surface area contributed by atoms with Crippen LogP contribution in [0, 0.1) is 0 Å². The number of benzene rings is 3. The zero-order valence-corrected chi connectivity index (χ0v) is 40.1. The Kier molecular flexibility index (Phi) is 13.8. The average molecular weight is 885 g/mol. The molecule has 3 saturated heterocycles. The van der Waals surface area contributed by atoms with Crippen molar-refractivity contribution in [2.24, 2.45) is 0 Å². The summed E-state index contributed by atoms with van der Waals surface area (Å²) in [6.45, 7) is 19.4. The molecule has 0 aromatic heterocycles. The lowest BCUT2D eigenvalue weighted by Gasteiger charge is -2.50. The van der Waals surface area contributed by atoms with Gasteiger partial charge in [-0.3, -0.25) is 4.79 Å². The Labute approximate surface area is 370 Å². The first-order valence-electron chi connectivity index (χ1n) is 22.7. The highest BCUT2D eigenvalue weighted by Gasteiger charge is 2.54. The first-order valence-corrected chi connectivity index (χ1v) is 29.2. The molecule has 12 heteroatoms. The van der Waals surface area contributed by atoms with Crippen LogP contribution in [0.5, 0.6) is 5.75 Å². The molecule has 10 nitrogen and oxygen atoms in total. The van der Waals surface area contributed by atoms with Crippen LogP contribution in [0.25, 0.3) is 10.8 Å². The molecule has 62 heavy (non-hydrogen) atoms. The number of ether oxygens (including phenoxy) is 8. The monoisotopic (exact) mass is 884 g/mol. The lowest BCUT2D eigenvalue weighted by atomic mass is 9.89. The van der Waals surface area contributed by atoms with Crippen LogP contribution in [0.4, 0.5) is 0 Å². The smallest absolute Gasteiger partial charge is 0.192 e. The molecule has 336 valence electrons. The topological polar surface area (TPSA) is 100 Å². The van der Waals surface area contributed by atoms with E-state index in [4.69, 9.17) is 42.3 Å². The van der Waals surface area contributed by atoms with E-state index in [-0.39, 0.29) is 53.0 Å². The third-order valence-electron chi connectivity index (χ3n) is 14.1. The van der Waals surface area contributed by atoms with Crippen molar-refractivity contribution in [2.45, 2.75) is 164 Å². The van der Waals surface area contributed by atoms with Gasteiger partial charge in [-0.1, -0.05) is 119 Å². The van der Waals surface area contributed by atoms with Crippen LogP contribution in [0.1, 0.15) is 63.9 Å². The van der Waals surface area contributed by atoms with E-state index in [0.717, 1.165) is 22.3 Å². The Bertz CT molecular complexity index is 2050. The molecular formula is C50H68O10Si2. The van der Waals surface area contributed by atoms with Crippen LogP contribution in [-0.2, 0) is 49.0 Å². The van der Waals surface area contributed by atoms with Gasteiger partial charge >= 0.3 is 0 Å². The summed E-state index contributed by atoms with van der Waals surface area (Å²) in [5.41, 5.74) is 1.83. The van der Waals surface area contributed by atoms with Crippen molar-refractivity contribution in [2.75, 3.05) is 20.3 Å². The summed E-state index contributed by atoms with van der Waals surface area (Å²) in [4.78, 5) is 15.1. The van der Waals surface area contributed by atoms with Gasteiger partial charge in [0.15, 0.2) is 20.4 Å². The maximum Gasteiger partial charge on any atom is 0.192 e. The normalized spacial score (nSPS) is 33.9. The Hall–Kier alpha value is -3.02. The van der Waals surface area contributed by atoms with E-state index in [0.29, 0.717) is 45.5 Å². The van der Waals surface area contributed by atoms with Crippen LogP contribution >= 0.6 is 0 Å². The quantitative estimate of drug-likeness (QED) is 0.145. The van der Waals surface area contributed by atoms with Crippen molar-refractivity contribution in [3.63, 3.8) is 0 Å². The first-order chi connectivity index (χ1) is 29.6. The number of hydrogen-bond acceptors (Lipinski definition) is 10. The van der Waals surface area contributed by atoms with E-state index in [1.165, 1.54) is 5.39 Å². The van der Waals surface area contributed by atoms with Gasteiger partial charge in [-0.25, -0.2) is 0 Å². The van der Waals surface area contributed by atoms with Gasteiger partial charge in [0, 0.05) is 17.5 Å². The number of methoxy groups -OCH3 is 1. The van der Waals surface area contributed by atoms with Gasteiger partial charge in [-0.15, -0.1) is 0 Å². The van der Waals surface area contributed by atoms with E-state index in [1.54, 1.807) is 7.11 Å². The number of Topliss-reactive ketones (excluding diaryl/α,β-unsaturated/α-hetero) is 1. The minimum Gasteiger partial charge on any atom is -0.497 e. The molecule has 0 amide bonds. The zero-order valence-electron chi connectivity index (χ0n) is 38.1. The minimum atomic E-state index is -2.43. The molecule has 0 radical (unpaired) electrons. The molecule has 3 aromatic carbocycles. The van der Waals surface area contributed by atoms with E-state index in [1.807, 2.05) is 24.3 Å². The molecule has 5 aliphatic heterocycles. The number of carbonyl (C=O) groups excluding carboxylic acids is 1. The fourth-order valence-corrected chi connectivity index (χ4v) is 12.7. The molecule has 0 aliphatic carbocycles. The SMILES string of the molecule is COc1ccc([C@@H]2OC[C@H]3O[C@H]4CC([Si](C)(C)C)C(=O)[C@H](C[C@H]5O[C@H]6CC=CCO[C@@H]6[C@@H](OCc6cccc7ccccc67)[C@@H]5O[Si](C)(C)C(C)(C)C)O[C@@H]4C/C=C\[C@@H]3O2)cc1. The standard InChI is InChI=1S/C50H68O10Si2/c1-50(2,3)62(8,9)60-47-42(57-39-20-12-13-27-53-46(39)48(47)54-30-34-18-14-17-32-16-10-11-19-36(32)34)28-41-45(51)44(61(5,6)7)29-40-37(56-41)21-15-22-38-43(58-40)31-55-49(59-38)33-23-25-35(52-4)26-24-33/h10-19,22-26,37-44,46-49H,20-21,27-31H2,1-9H3/b22-15-/t37-,38+,39+,40+,41+,42-,43-,44?,46+,47-,48-,49-/m1/s1. The molecule has 0 spiro atoms. The van der Waals surface area contributed by atoms with E-state index in [2.05, 4.69) is 120 Å². The second kappa shape index (κ2) is 18.8. The second-order valence-corrected chi connectivity index (χ2v) is 30.5. The highest BCUT2D eigenvalue weighted by atomic mass is 28.4. The fourth-order valence-electron chi connectivity index (χ4n) is 9.43. The Balaban J connectivity index is 1.09. The van der Waals surface area contributed by atoms with Gasteiger partial charge in [0.1, 0.15) is 42.4 Å². The molecule has 12 atom stereocenters. The van der Waals surface area contributed by atoms with Crippen molar-refractivity contribution >= 4 is 32.9 Å². The molecule has 3 aromatic rings. The van der Waals surface area contributed by atoms with Gasteiger partial charge in [-0.2, -0.15) is 0 Å². The number of hydrogen-bond donors (Lipinski definition) is 0. The molecule has 0 saturated carbocycles. The van der Waals surface area contributed by atoms with Crippen LogP contribution in [-0.4, -0.2) is 104 Å². The summed E-state index contributed by atoms with van der Waals surface area (Å²) < 4.78 is 60.5. The summed E-state index contributed by atoms with van der Waals surface area (Å²) in [6, 6.07) is 22.5. The molecule has 0 N–H and O–H groups in total. The average Bonchev–Trinajstić information content (AvgIpc) is 3.54. The third kappa shape index (κ3) is 9.95. The van der Waals surface area contributed by atoms with Gasteiger partial charge in [0.05, 0.1) is 59.4 Å². The molecule has 8 rings (SSSR count). The predicted octanol–water partition coefficient (Wildman–Crippen LogP) is 9.89. The number of ketones is 1. The largest absolute Gasteiger partial charge is 0.497 e. The van der Waals surface area contributed by atoms with Crippen molar-refractivity contribution in [1.82, 2.24) is 0 Å². The van der Waals surface area contributed by atoms with E-state index < -0.39 is 47.1 Å². The van der Waals surface area contributed by atoms with Crippen LogP contribution < -0.4 is 4.74 Å². The number of carbonyl (C=O) groups is 1. The van der Waals surface area contributed by atoms with Crippen molar-refractivity contribution in [3.8, 4) is 5.75 Å². The van der Waals surface area contributed by atoms with Crippen molar-refractivity contribution in [1.29, 1.82) is 0 Å². The van der Waals surface area contributed by atoms with E-state index in [9.17, 15) is 0 Å². The Morgan fingerprint density at radius 1 is 0.758 bits per heavy atom. The van der Waals surface area contributed by atoms with Crippen LogP contribution in [0.3, 0.4) is 0 Å². The van der Waals surface area contributed by atoms with Crippen LogP contribution in [0.15, 0.2) is 91.0 Å². The summed E-state index contributed by atoms with van der Waals surface area (Å²) in [6.07, 6.45) is 5.94. The third-order valence-corrected chi connectivity index (χ3v) is 21.1. The molecule has 5 heterocycles. The lowest BCUT2D eigenvalue weighted by Crippen LogP contribution is -2.63. The summed E-state index contributed by atoms with van der Waals surface area (Å²) in [5.74, 6) is 0.914. The molecule has 0 bridgehead atoms. The summed E-state index contributed by atoms with van der Waals surface area (Å²) in [5, 5.41) is 2.24. The van der Waals surface area contributed by atoms with Gasteiger partial charge in [0.25, 0.3) is 0 Å². The van der Waals surface area contributed by atoms with Gasteiger partial charge in [-0.05, 0) is 65.9 Å². The van der Waals surface area contributed by atoms with E-state index >= 15 is 4.79 Å². The van der Waals surface area contributed by atoms with Gasteiger partial charge in [0.2, 0.25) is 0 Å². The van der Waals surface area contributed by atoms with Gasteiger partial charge < -0.3 is 42.3 Å². The highest BCUT2D eigenvalue weighted by molar-refractivity contribution is 6.80. The second-order valence-electron chi connectivity index (χ2n) is 20.3. The lowest BCUT2D eigenvalue weighted by molar-refractivity contribution is -0.269. The van der Waals surface area contributed by atoms with Crippen LogP contribution in [0.2, 0.25) is 43.3 Å². The zero-order chi connectivity index (χ0) is 43.8. The summed E-state index contributed by atoms with van der Waals surface area (Å²) >= 11 is 0. The molecular weight excluding hydrogens is 817 g/mol. The fraction of sp³-hybridized carbons (Fsp3) is 0.580. The Morgan fingerprint density at radius 3 is 2.27 bits per heavy atom. The molecule has 5 aliphatic rings. The maximum atomic E-state index is 15.1. The van der Waals surface area contributed by atoms with Crippen molar-refractivity contribution in [3.05, 3.63) is 102 Å². The summed E-state index contributed by atoms with van der Waals surface area (Å²) in [7, 11) is -2.87. The minimum absolute atomic E-state index is 0.0904. The Morgan fingerprint density at radius 2 is 1.52 bits per heavy atom. The first kappa shape index (κ1) is 45.5. The van der Waals surface area contributed by atoms with Crippen molar-refractivity contribution < 1.29 is 47.1 Å². The number of rotatable bonds is 10. The maximum absolute atomic E-state index is 15.1. The highest BCUT2D eigenvalue weighted by Crippen LogP contribution is 2.44.